The molecular weight excluding hydrogens is 260 g/mol. The summed E-state index contributed by atoms with van der Waals surface area (Å²) in [5, 5.41) is 6.54. The quantitative estimate of drug-likeness (QED) is 0.827. The van der Waals surface area contributed by atoms with E-state index in [1.165, 1.54) is 18.4 Å². The third-order valence-electron chi connectivity index (χ3n) is 4.62. The summed E-state index contributed by atoms with van der Waals surface area (Å²) in [4.78, 5) is 12.6. The van der Waals surface area contributed by atoms with E-state index in [2.05, 4.69) is 43.5 Å². The molecule has 21 heavy (non-hydrogen) atoms. The second-order valence-corrected chi connectivity index (χ2v) is 6.53. The van der Waals surface area contributed by atoms with Crippen molar-refractivity contribution in [1.29, 1.82) is 0 Å². The summed E-state index contributed by atoms with van der Waals surface area (Å²) >= 11 is 0. The molecule has 1 aromatic carbocycles. The molecule has 3 heteroatoms. The van der Waals surface area contributed by atoms with E-state index in [1.54, 1.807) is 0 Å². The van der Waals surface area contributed by atoms with Crippen LogP contribution in [0.15, 0.2) is 24.3 Å². The molecule has 1 aliphatic rings. The lowest BCUT2D eigenvalue weighted by molar-refractivity contribution is -0.125. The molecule has 1 aromatic rings. The zero-order chi connectivity index (χ0) is 15.3. The zero-order valence-corrected chi connectivity index (χ0v) is 13.5. The predicted molar refractivity (Wildman–Crippen MR) is 88.2 cm³/mol. The van der Waals surface area contributed by atoms with Gasteiger partial charge in [0.2, 0.25) is 5.91 Å². The Morgan fingerprint density at radius 1 is 1.29 bits per heavy atom. The van der Waals surface area contributed by atoms with Gasteiger partial charge in [-0.3, -0.25) is 4.79 Å². The molecule has 3 nitrogen and oxygen atoms in total. The maximum Gasteiger partial charge on any atom is 0.230 e. The van der Waals surface area contributed by atoms with Crippen molar-refractivity contribution in [2.45, 2.75) is 65.5 Å². The lowest BCUT2D eigenvalue weighted by Gasteiger charge is -2.26. The molecule has 0 aromatic heterocycles. The summed E-state index contributed by atoms with van der Waals surface area (Å²) in [6, 6.07) is 8.63. The van der Waals surface area contributed by atoms with Crippen LogP contribution in [0.25, 0.3) is 0 Å². The minimum Gasteiger partial charge on any atom is -0.326 e. The second-order valence-electron chi connectivity index (χ2n) is 6.53. The highest BCUT2D eigenvalue weighted by molar-refractivity contribution is 5.95. The standard InChI is InChI=1S/C18H28N2O/c1-4-18(10-5-6-11-18)17(21)20-16-9-7-8-15(12-16)13-19-14(2)3/h7-9,12,14,19H,4-6,10-11,13H2,1-3H3,(H,20,21). The van der Waals surface area contributed by atoms with Crippen LogP contribution in [-0.4, -0.2) is 11.9 Å². The minimum absolute atomic E-state index is 0.133. The van der Waals surface area contributed by atoms with E-state index in [-0.39, 0.29) is 11.3 Å². The fourth-order valence-corrected chi connectivity index (χ4v) is 3.14. The number of hydrogen-bond donors (Lipinski definition) is 2. The molecule has 0 unspecified atom stereocenters. The van der Waals surface area contributed by atoms with Crippen molar-refractivity contribution in [2.24, 2.45) is 5.41 Å². The molecule has 0 radical (unpaired) electrons. The Balaban J connectivity index is 2.02. The molecule has 2 N–H and O–H groups in total. The molecule has 116 valence electrons. The molecule has 1 fully saturated rings. The van der Waals surface area contributed by atoms with E-state index in [9.17, 15) is 4.79 Å². The fourth-order valence-electron chi connectivity index (χ4n) is 3.14. The third kappa shape index (κ3) is 4.07. The SMILES string of the molecule is CCC1(C(=O)Nc2cccc(CNC(C)C)c2)CCCC1. The van der Waals surface area contributed by atoms with Gasteiger partial charge in [0.1, 0.15) is 0 Å². The number of hydrogen-bond acceptors (Lipinski definition) is 2. The van der Waals surface area contributed by atoms with Crippen molar-refractivity contribution in [3.05, 3.63) is 29.8 Å². The number of anilines is 1. The Morgan fingerprint density at radius 3 is 2.62 bits per heavy atom. The van der Waals surface area contributed by atoms with Crippen molar-refractivity contribution in [3.8, 4) is 0 Å². The minimum atomic E-state index is -0.133. The normalized spacial score (nSPS) is 17.1. The first-order valence-corrected chi connectivity index (χ1v) is 8.19. The molecule has 0 atom stereocenters. The first-order valence-electron chi connectivity index (χ1n) is 8.19. The van der Waals surface area contributed by atoms with Crippen molar-refractivity contribution < 1.29 is 4.79 Å². The molecule has 1 saturated carbocycles. The smallest absolute Gasteiger partial charge is 0.230 e. The Kier molecular flexibility index (Phi) is 5.40. The van der Waals surface area contributed by atoms with E-state index >= 15 is 0 Å². The van der Waals surface area contributed by atoms with E-state index in [0.717, 1.165) is 31.5 Å². The van der Waals surface area contributed by atoms with Crippen LogP contribution in [0.2, 0.25) is 0 Å². The van der Waals surface area contributed by atoms with Gasteiger partial charge in [-0.1, -0.05) is 45.7 Å². The second kappa shape index (κ2) is 7.08. The third-order valence-corrected chi connectivity index (χ3v) is 4.62. The van der Waals surface area contributed by atoms with Gasteiger partial charge in [-0.05, 0) is 37.0 Å². The van der Waals surface area contributed by atoms with Gasteiger partial charge in [0.15, 0.2) is 0 Å². The van der Waals surface area contributed by atoms with Gasteiger partial charge in [0.05, 0.1) is 0 Å². The first-order chi connectivity index (χ1) is 10.1. The summed E-state index contributed by atoms with van der Waals surface area (Å²) < 4.78 is 0. The van der Waals surface area contributed by atoms with Crippen LogP contribution in [0.1, 0.15) is 58.4 Å². The zero-order valence-electron chi connectivity index (χ0n) is 13.5. The first kappa shape index (κ1) is 16.0. The lowest BCUT2D eigenvalue weighted by atomic mass is 9.82. The largest absolute Gasteiger partial charge is 0.326 e. The maximum absolute atomic E-state index is 12.6. The van der Waals surface area contributed by atoms with E-state index in [0.29, 0.717) is 6.04 Å². The molecule has 0 aliphatic heterocycles. The molecule has 1 amide bonds. The summed E-state index contributed by atoms with van der Waals surface area (Å²) in [5.74, 6) is 0.205. The van der Waals surface area contributed by atoms with Crippen LogP contribution in [0.3, 0.4) is 0 Å². The van der Waals surface area contributed by atoms with Gasteiger partial charge in [-0.2, -0.15) is 0 Å². The molecule has 0 bridgehead atoms. The number of nitrogens with one attached hydrogen (secondary N) is 2. The summed E-state index contributed by atoms with van der Waals surface area (Å²) in [5.41, 5.74) is 1.99. The van der Waals surface area contributed by atoms with Crippen LogP contribution in [0.4, 0.5) is 5.69 Å². The lowest BCUT2D eigenvalue weighted by Crippen LogP contribution is -2.33. The summed E-state index contributed by atoms with van der Waals surface area (Å²) in [7, 11) is 0. The molecule has 0 saturated heterocycles. The van der Waals surface area contributed by atoms with Crippen molar-refractivity contribution in [3.63, 3.8) is 0 Å². The topological polar surface area (TPSA) is 41.1 Å². The number of rotatable bonds is 6. The van der Waals surface area contributed by atoms with Crippen LogP contribution in [-0.2, 0) is 11.3 Å². The van der Waals surface area contributed by atoms with Crippen LogP contribution in [0, 0.1) is 5.41 Å². The van der Waals surface area contributed by atoms with E-state index in [1.807, 2.05) is 12.1 Å². The van der Waals surface area contributed by atoms with Gasteiger partial charge in [0.25, 0.3) is 0 Å². The Bertz CT molecular complexity index is 476. The number of carbonyl (C=O) groups excluding carboxylic acids is 1. The highest BCUT2D eigenvalue weighted by atomic mass is 16.2. The fraction of sp³-hybridized carbons (Fsp3) is 0.611. The van der Waals surface area contributed by atoms with Crippen LogP contribution in [0.5, 0.6) is 0 Å². The van der Waals surface area contributed by atoms with Gasteiger partial charge < -0.3 is 10.6 Å². The molecule has 2 rings (SSSR count). The molecule has 0 spiro atoms. The van der Waals surface area contributed by atoms with Gasteiger partial charge in [-0.25, -0.2) is 0 Å². The molecule has 0 heterocycles. The van der Waals surface area contributed by atoms with Gasteiger partial charge in [0, 0.05) is 23.7 Å². The monoisotopic (exact) mass is 288 g/mol. The van der Waals surface area contributed by atoms with Crippen molar-refractivity contribution in [1.82, 2.24) is 5.32 Å². The average molecular weight is 288 g/mol. The Hall–Kier alpha value is -1.35. The highest BCUT2D eigenvalue weighted by Crippen LogP contribution is 2.41. The maximum atomic E-state index is 12.6. The van der Waals surface area contributed by atoms with Gasteiger partial charge in [-0.15, -0.1) is 0 Å². The van der Waals surface area contributed by atoms with E-state index < -0.39 is 0 Å². The average Bonchev–Trinajstić information content (AvgIpc) is 2.96. The predicted octanol–water partition coefficient (Wildman–Crippen LogP) is 4.09. The molecular formula is C18H28N2O. The molecule has 1 aliphatic carbocycles. The number of carbonyl (C=O) groups is 1. The van der Waals surface area contributed by atoms with Crippen LogP contribution < -0.4 is 10.6 Å². The number of amides is 1. The van der Waals surface area contributed by atoms with Gasteiger partial charge >= 0.3 is 0 Å². The Labute approximate surface area is 128 Å². The highest BCUT2D eigenvalue weighted by Gasteiger charge is 2.39. The van der Waals surface area contributed by atoms with E-state index in [4.69, 9.17) is 0 Å². The van der Waals surface area contributed by atoms with Crippen molar-refractivity contribution >= 4 is 11.6 Å². The summed E-state index contributed by atoms with van der Waals surface area (Å²) in [6.45, 7) is 7.24. The summed E-state index contributed by atoms with van der Waals surface area (Å²) in [6.07, 6.45) is 5.36. The number of benzene rings is 1. The Morgan fingerprint density at radius 2 is 2.00 bits per heavy atom. The van der Waals surface area contributed by atoms with Crippen molar-refractivity contribution in [2.75, 3.05) is 5.32 Å². The van der Waals surface area contributed by atoms with Crippen LogP contribution >= 0.6 is 0 Å².